The molecule has 0 aliphatic heterocycles. The fraction of sp³-hybridized carbons (Fsp3) is 0.889. The van der Waals surface area contributed by atoms with Crippen LogP contribution in [0.15, 0.2) is 0 Å². The Morgan fingerprint density at radius 1 is 1.18 bits per heavy atom. The average molecular weight is 317 g/mol. The molecule has 0 amide bonds. The van der Waals surface area contributed by atoms with Crippen LogP contribution in [0.25, 0.3) is 0 Å². The third-order valence-corrected chi connectivity index (χ3v) is 7.68. The topological polar surface area (TPSA) is 36.9 Å². The van der Waals surface area contributed by atoms with Crippen LogP contribution in [-0.4, -0.2) is 46.9 Å². The maximum Gasteiger partial charge on any atom is 0.500 e. The van der Waals surface area contributed by atoms with Gasteiger partial charge in [0.2, 0.25) is 4.38 Å². The van der Waals surface area contributed by atoms with Crippen molar-refractivity contribution in [3.8, 4) is 0 Å². The lowest BCUT2D eigenvalue weighted by Gasteiger charge is -2.23. The second-order valence-electron chi connectivity index (χ2n) is 2.99. The van der Waals surface area contributed by atoms with E-state index >= 15 is 0 Å². The van der Waals surface area contributed by atoms with Gasteiger partial charge in [-0.15, -0.1) is 0 Å². The Balaban J connectivity index is 3.65. The molecule has 0 aromatic rings. The molecule has 17 heavy (non-hydrogen) atoms. The molecule has 0 saturated heterocycles. The average Bonchev–Trinajstić information content (AvgIpc) is 2.35. The maximum absolute atomic E-state index is 5.33. The number of ether oxygens (including phenoxy) is 1. The molecule has 4 nitrogen and oxygen atoms in total. The Kier molecular flexibility index (Phi) is 11.0. The summed E-state index contributed by atoms with van der Waals surface area (Å²) in [6, 6.07) is 0.811. The second kappa shape index (κ2) is 10.6. The first-order chi connectivity index (χ1) is 8.14. The second-order valence-corrected chi connectivity index (χ2v) is 9.10. The largest absolute Gasteiger partial charge is 0.500 e. The first-order valence-corrected chi connectivity index (χ1v) is 9.91. The highest BCUT2D eigenvalue weighted by atomic mass is 33.1. The van der Waals surface area contributed by atoms with E-state index in [9.17, 15) is 0 Å². The van der Waals surface area contributed by atoms with Gasteiger partial charge in [-0.2, -0.15) is 0 Å². The van der Waals surface area contributed by atoms with E-state index in [0.717, 1.165) is 18.2 Å². The van der Waals surface area contributed by atoms with Gasteiger partial charge in [0.1, 0.15) is 0 Å². The summed E-state index contributed by atoms with van der Waals surface area (Å²) in [6.07, 6.45) is 0.966. The summed E-state index contributed by atoms with van der Waals surface area (Å²) in [5, 5.41) is 0. The minimum Gasteiger partial charge on any atom is -0.478 e. The van der Waals surface area contributed by atoms with E-state index < -0.39 is 8.80 Å². The van der Waals surface area contributed by atoms with Crippen LogP contribution >= 0.6 is 33.8 Å². The van der Waals surface area contributed by atoms with Crippen molar-refractivity contribution in [2.45, 2.75) is 19.4 Å². The molecule has 0 radical (unpaired) electrons. The van der Waals surface area contributed by atoms with E-state index in [0.29, 0.717) is 11.0 Å². The van der Waals surface area contributed by atoms with Crippen LogP contribution in [0.5, 0.6) is 0 Å². The SMILES string of the molecule is CCOC(=S)SSCCC[Si](OC)(OC)OC. The van der Waals surface area contributed by atoms with Crippen LogP contribution < -0.4 is 0 Å². The predicted molar refractivity (Wildman–Crippen MR) is 80.5 cm³/mol. The fourth-order valence-corrected chi connectivity index (χ4v) is 5.31. The maximum atomic E-state index is 5.33. The number of rotatable bonds is 9. The van der Waals surface area contributed by atoms with Crippen LogP contribution in [0.3, 0.4) is 0 Å². The monoisotopic (exact) mass is 316 g/mol. The number of thiocarbonyl (C=S) groups is 1. The van der Waals surface area contributed by atoms with Crippen molar-refractivity contribution < 1.29 is 18.0 Å². The molecule has 8 heteroatoms. The minimum absolute atomic E-state index is 0.589. The summed E-state index contributed by atoms with van der Waals surface area (Å²) in [4.78, 5) is 0. The quantitative estimate of drug-likeness (QED) is 0.280. The van der Waals surface area contributed by atoms with Gasteiger partial charge in [0, 0.05) is 33.1 Å². The predicted octanol–water partition coefficient (Wildman–Crippen LogP) is 2.96. The zero-order valence-electron chi connectivity index (χ0n) is 10.7. The molecule has 0 rings (SSSR count). The van der Waals surface area contributed by atoms with Crippen LogP contribution in [0.1, 0.15) is 13.3 Å². The van der Waals surface area contributed by atoms with Crippen molar-refractivity contribution >= 4 is 47.0 Å². The Morgan fingerprint density at radius 2 is 1.76 bits per heavy atom. The van der Waals surface area contributed by atoms with E-state index in [1.807, 2.05) is 6.92 Å². The van der Waals surface area contributed by atoms with Gasteiger partial charge in [-0.1, -0.05) is 10.8 Å². The van der Waals surface area contributed by atoms with E-state index in [1.54, 1.807) is 32.1 Å². The summed E-state index contributed by atoms with van der Waals surface area (Å²) in [5.41, 5.74) is 0. The lowest BCUT2D eigenvalue weighted by Crippen LogP contribution is -2.42. The van der Waals surface area contributed by atoms with E-state index in [2.05, 4.69) is 0 Å². The smallest absolute Gasteiger partial charge is 0.478 e. The summed E-state index contributed by atoms with van der Waals surface area (Å²) >= 11 is 5.00. The first-order valence-electron chi connectivity index (χ1n) is 5.25. The molecule has 0 N–H and O–H groups in total. The molecular formula is C9H20O4S3Si. The highest BCUT2D eigenvalue weighted by molar-refractivity contribution is 8.83. The fourth-order valence-electron chi connectivity index (χ4n) is 1.14. The third-order valence-electron chi connectivity index (χ3n) is 2.03. The molecule has 0 fully saturated rings. The zero-order chi connectivity index (χ0) is 13.1. The Hall–Kier alpha value is 0.687. The Bertz CT molecular complexity index is 206. The van der Waals surface area contributed by atoms with Gasteiger partial charge in [-0.25, -0.2) is 0 Å². The Labute approximate surface area is 118 Å². The molecule has 0 heterocycles. The molecule has 0 unspecified atom stereocenters. The van der Waals surface area contributed by atoms with Crippen molar-refractivity contribution in [2.24, 2.45) is 0 Å². The molecule has 0 aromatic carbocycles. The molecule has 0 spiro atoms. The van der Waals surface area contributed by atoms with Crippen LogP contribution in [0.2, 0.25) is 6.04 Å². The third kappa shape index (κ3) is 7.65. The van der Waals surface area contributed by atoms with Crippen LogP contribution in [-0.2, 0) is 18.0 Å². The summed E-state index contributed by atoms with van der Waals surface area (Å²) in [5.74, 6) is 0.961. The summed E-state index contributed by atoms with van der Waals surface area (Å²) in [7, 11) is 5.67. The molecule has 0 atom stereocenters. The van der Waals surface area contributed by atoms with Gasteiger partial charge < -0.3 is 18.0 Å². The van der Waals surface area contributed by atoms with Crippen molar-refractivity contribution in [2.75, 3.05) is 33.7 Å². The molecule has 0 aliphatic rings. The van der Waals surface area contributed by atoms with Gasteiger partial charge in [0.15, 0.2) is 0 Å². The first kappa shape index (κ1) is 17.7. The lowest BCUT2D eigenvalue weighted by molar-refractivity contribution is 0.123. The molecule has 0 saturated carbocycles. The van der Waals surface area contributed by atoms with Gasteiger partial charge >= 0.3 is 8.80 Å². The van der Waals surface area contributed by atoms with Gasteiger partial charge in [0.05, 0.1) is 6.61 Å². The van der Waals surface area contributed by atoms with E-state index in [4.69, 9.17) is 30.2 Å². The molecule has 102 valence electrons. The highest BCUT2D eigenvalue weighted by Gasteiger charge is 2.36. The Morgan fingerprint density at radius 3 is 2.24 bits per heavy atom. The van der Waals surface area contributed by atoms with Crippen molar-refractivity contribution in [3.63, 3.8) is 0 Å². The molecule has 0 aliphatic carbocycles. The standard InChI is InChI=1S/C9H20O4S3Si/c1-5-13-9(14)16-15-7-6-8-17(10-2,11-3)12-4/h5-8H2,1-4H3. The molecular weight excluding hydrogens is 296 g/mol. The van der Waals surface area contributed by atoms with Gasteiger partial charge in [-0.05, 0) is 36.4 Å². The summed E-state index contributed by atoms with van der Waals surface area (Å²) < 4.78 is 21.7. The van der Waals surface area contributed by atoms with Crippen molar-refractivity contribution in [3.05, 3.63) is 0 Å². The highest BCUT2D eigenvalue weighted by Crippen LogP contribution is 2.26. The summed E-state index contributed by atoms with van der Waals surface area (Å²) in [6.45, 7) is 2.55. The van der Waals surface area contributed by atoms with E-state index in [-0.39, 0.29) is 0 Å². The zero-order valence-corrected chi connectivity index (χ0v) is 14.1. The van der Waals surface area contributed by atoms with Crippen molar-refractivity contribution in [1.82, 2.24) is 0 Å². The van der Waals surface area contributed by atoms with E-state index in [1.165, 1.54) is 10.8 Å². The number of hydrogen-bond donors (Lipinski definition) is 0. The van der Waals surface area contributed by atoms with Crippen LogP contribution in [0.4, 0.5) is 0 Å². The van der Waals surface area contributed by atoms with Gasteiger partial charge in [0.25, 0.3) is 0 Å². The molecule has 0 bridgehead atoms. The molecule has 0 aromatic heterocycles. The van der Waals surface area contributed by atoms with Gasteiger partial charge in [-0.3, -0.25) is 0 Å². The number of hydrogen-bond acceptors (Lipinski definition) is 7. The normalized spacial score (nSPS) is 11.5. The van der Waals surface area contributed by atoms with Crippen molar-refractivity contribution in [1.29, 1.82) is 0 Å². The minimum atomic E-state index is -2.40. The lowest BCUT2D eigenvalue weighted by atomic mass is 10.6. The van der Waals surface area contributed by atoms with Crippen LogP contribution in [0, 0.1) is 0 Å².